The second kappa shape index (κ2) is 6.21. The Hall–Kier alpha value is -0.610. The summed E-state index contributed by atoms with van der Waals surface area (Å²) in [6.45, 7) is 8.61. The van der Waals surface area contributed by atoms with Crippen LogP contribution in [0.4, 0.5) is 5.13 Å². The molecular formula is C12H23N3S. The van der Waals surface area contributed by atoms with Crippen LogP contribution < -0.4 is 10.2 Å². The summed E-state index contributed by atoms with van der Waals surface area (Å²) in [7, 11) is 4.10. The van der Waals surface area contributed by atoms with E-state index in [1.807, 2.05) is 7.05 Å². The predicted molar refractivity (Wildman–Crippen MR) is 72.3 cm³/mol. The number of hydrogen-bond acceptors (Lipinski definition) is 4. The molecule has 1 N–H and O–H groups in total. The van der Waals surface area contributed by atoms with Gasteiger partial charge in [-0.3, -0.25) is 0 Å². The summed E-state index contributed by atoms with van der Waals surface area (Å²) in [4.78, 5) is 8.21. The van der Waals surface area contributed by atoms with Crippen LogP contribution in [0, 0.1) is 12.8 Å². The summed E-state index contributed by atoms with van der Waals surface area (Å²) in [5.74, 6) is 0.750. The SMILES string of the molecule is CNCc1sc(N(C)CCC(C)C)nc1C. The summed E-state index contributed by atoms with van der Waals surface area (Å²) < 4.78 is 0. The predicted octanol–water partition coefficient (Wildman–Crippen LogP) is 2.65. The Bertz CT molecular complexity index is 320. The summed E-state index contributed by atoms with van der Waals surface area (Å²) in [5.41, 5.74) is 1.16. The first-order valence-electron chi connectivity index (χ1n) is 5.86. The van der Waals surface area contributed by atoms with Crippen molar-refractivity contribution in [2.24, 2.45) is 5.92 Å². The van der Waals surface area contributed by atoms with E-state index in [-0.39, 0.29) is 0 Å². The zero-order chi connectivity index (χ0) is 12.1. The standard InChI is InChI=1S/C12H23N3S/c1-9(2)6-7-15(5)12-14-10(3)11(16-12)8-13-4/h9,13H,6-8H2,1-5H3. The fourth-order valence-corrected chi connectivity index (χ4v) is 2.51. The van der Waals surface area contributed by atoms with Gasteiger partial charge in [0.2, 0.25) is 0 Å². The van der Waals surface area contributed by atoms with Crippen LogP contribution in [0.3, 0.4) is 0 Å². The first kappa shape index (κ1) is 13.5. The van der Waals surface area contributed by atoms with Crippen molar-refractivity contribution >= 4 is 16.5 Å². The van der Waals surface area contributed by atoms with E-state index in [2.05, 4.69) is 43.0 Å². The van der Waals surface area contributed by atoms with Gasteiger partial charge in [0, 0.05) is 25.0 Å². The molecule has 0 saturated carbocycles. The smallest absolute Gasteiger partial charge is 0.185 e. The molecule has 0 atom stereocenters. The van der Waals surface area contributed by atoms with Crippen molar-refractivity contribution in [2.75, 3.05) is 25.5 Å². The molecule has 1 heterocycles. The molecular weight excluding hydrogens is 218 g/mol. The van der Waals surface area contributed by atoms with Crippen LogP contribution in [0.5, 0.6) is 0 Å². The van der Waals surface area contributed by atoms with Crippen LogP contribution in [0.2, 0.25) is 0 Å². The summed E-state index contributed by atoms with van der Waals surface area (Å²) in [6, 6.07) is 0. The van der Waals surface area contributed by atoms with Gasteiger partial charge in [-0.05, 0) is 26.3 Å². The molecule has 0 aliphatic rings. The van der Waals surface area contributed by atoms with Crippen LogP contribution in [0.15, 0.2) is 0 Å². The highest BCUT2D eigenvalue weighted by molar-refractivity contribution is 7.15. The molecule has 1 rings (SSSR count). The number of nitrogens with zero attached hydrogens (tertiary/aromatic N) is 2. The van der Waals surface area contributed by atoms with Gasteiger partial charge in [0.1, 0.15) is 0 Å². The van der Waals surface area contributed by atoms with E-state index < -0.39 is 0 Å². The second-order valence-electron chi connectivity index (χ2n) is 4.64. The van der Waals surface area contributed by atoms with Gasteiger partial charge >= 0.3 is 0 Å². The first-order chi connectivity index (χ1) is 7.54. The van der Waals surface area contributed by atoms with E-state index in [9.17, 15) is 0 Å². The lowest BCUT2D eigenvalue weighted by atomic mass is 10.1. The maximum atomic E-state index is 4.61. The van der Waals surface area contributed by atoms with Gasteiger partial charge in [-0.25, -0.2) is 4.98 Å². The minimum absolute atomic E-state index is 0.750. The normalized spacial score (nSPS) is 11.1. The Balaban J connectivity index is 2.61. The molecule has 0 aromatic carbocycles. The molecule has 3 nitrogen and oxygen atoms in total. The number of aromatic nitrogens is 1. The third-order valence-corrected chi connectivity index (χ3v) is 3.86. The van der Waals surface area contributed by atoms with Crippen molar-refractivity contribution in [3.8, 4) is 0 Å². The van der Waals surface area contributed by atoms with Crippen LogP contribution in [-0.2, 0) is 6.54 Å². The molecule has 0 aliphatic heterocycles. The molecule has 0 fully saturated rings. The highest BCUT2D eigenvalue weighted by atomic mass is 32.1. The van der Waals surface area contributed by atoms with Crippen LogP contribution in [0.25, 0.3) is 0 Å². The number of rotatable bonds is 6. The summed E-state index contributed by atoms with van der Waals surface area (Å²) >= 11 is 1.80. The van der Waals surface area contributed by atoms with E-state index in [0.29, 0.717) is 0 Å². The second-order valence-corrected chi connectivity index (χ2v) is 5.70. The fraction of sp³-hybridized carbons (Fsp3) is 0.750. The minimum Gasteiger partial charge on any atom is -0.351 e. The number of thiazole rings is 1. The lowest BCUT2D eigenvalue weighted by molar-refractivity contribution is 0.585. The maximum absolute atomic E-state index is 4.61. The van der Waals surface area contributed by atoms with Crippen molar-refractivity contribution < 1.29 is 0 Å². The maximum Gasteiger partial charge on any atom is 0.185 e. The molecule has 0 bridgehead atoms. The lowest BCUT2D eigenvalue weighted by Crippen LogP contribution is -2.19. The summed E-state index contributed by atoms with van der Waals surface area (Å²) in [6.07, 6.45) is 1.22. The van der Waals surface area contributed by atoms with Crippen molar-refractivity contribution in [1.82, 2.24) is 10.3 Å². The van der Waals surface area contributed by atoms with Crippen molar-refractivity contribution in [3.05, 3.63) is 10.6 Å². The highest BCUT2D eigenvalue weighted by Crippen LogP contribution is 2.25. The third kappa shape index (κ3) is 3.76. The Labute approximate surface area is 103 Å². The zero-order valence-corrected chi connectivity index (χ0v) is 11.8. The minimum atomic E-state index is 0.750. The number of aryl methyl sites for hydroxylation is 1. The van der Waals surface area contributed by atoms with Gasteiger partial charge in [-0.15, -0.1) is 11.3 Å². The van der Waals surface area contributed by atoms with Gasteiger partial charge in [0.15, 0.2) is 5.13 Å². The van der Waals surface area contributed by atoms with Crippen LogP contribution in [0.1, 0.15) is 30.8 Å². The largest absolute Gasteiger partial charge is 0.351 e. The Morgan fingerprint density at radius 1 is 1.44 bits per heavy atom. The zero-order valence-electron chi connectivity index (χ0n) is 11.0. The third-order valence-electron chi connectivity index (χ3n) is 2.59. The molecule has 0 aliphatic carbocycles. The molecule has 16 heavy (non-hydrogen) atoms. The van der Waals surface area contributed by atoms with Gasteiger partial charge in [-0.2, -0.15) is 0 Å². The molecule has 0 spiro atoms. The summed E-state index contributed by atoms with van der Waals surface area (Å²) in [5, 5.41) is 4.32. The molecule has 1 aromatic rings. The van der Waals surface area contributed by atoms with Crippen molar-refractivity contribution in [3.63, 3.8) is 0 Å². The molecule has 92 valence electrons. The monoisotopic (exact) mass is 241 g/mol. The quantitative estimate of drug-likeness (QED) is 0.830. The molecule has 1 aromatic heterocycles. The van der Waals surface area contributed by atoms with E-state index in [1.165, 1.54) is 11.3 Å². The molecule has 0 radical (unpaired) electrons. The Morgan fingerprint density at radius 2 is 2.12 bits per heavy atom. The van der Waals surface area contributed by atoms with E-state index in [4.69, 9.17) is 0 Å². The topological polar surface area (TPSA) is 28.2 Å². The molecule has 0 unspecified atom stereocenters. The highest BCUT2D eigenvalue weighted by Gasteiger charge is 2.10. The molecule has 4 heteroatoms. The van der Waals surface area contributed by atoms with Crippen LogP contribution in [-0.4, -0.2) is 25.6 Å². The Morgan fingerprint density at radius 3 is 2.69 bits per heavy atom. The molecule has 0 amide bonds. The van der Waals surface area contributed by atoms with E-state index in [1.54, 1.807) is 11.3 Å². The Kier molecular flexibility index (Phi) is 5.22. The van der Waals surface area contributed by atoms with Gasteiger partial charge in [0.25, 0.3) is 0 Å². The number of anilines is 1. The van der Waals surface area contributed by atoms with Crippen molar-refractivity contribution in [2.45, 2.75) is 33.7 Å². The first-order valence-corrected chi connectivity index (χ1v) is 6.68. The number of hydrogen-bond donors (Lipinski definition) is 1. The fourth-order valence-electron chi connectivity index (χ4n) is 1.45. The lowest BCUT2D eigenvalue weighted by Gasteiger charge is -2.16. The van der Waals surface area contributed by atoms with Crippen molar-refractivity contribution in [1.29, 1.82) is 0 Å². The van der Waals surface area contributed by atoms with E-state index in [0.717, 1.165) is 29.8 Å². The van der Waals surface area contributed by atoms with Gasteiger partial charge in [-0.1, -0.05) is 13.8 Å². The molecule has 0 saturated heterocycles. The average Bonchev–Trinajstić information content (AvgIpc) is 2.57. The van der Waals surface area contributed by atoms with Gasteiger partial charge in [0.05, 0.1) is 5.69 Å². The van der Waals surface area contributed by atoms with Gasteiger partial charge < -0.3 is 10.2 Å². The average molecular weight is 241 g/mol. The van der Waals surface area contributed by atoms with E-state index >= 15 is 0 Å². The number of nitrogens with one attached hydrogen (secondary N) is 1. The van der Waals surface area contributed by atoms with Crippen LogP contribution >= 0.6 is 11.3 Å².